The first-order valence-electron chi connectivity index (χ1n) is 6.29. The second-order valence-electron chi connectivity index (χ2n) is 4.29. The van der Waals surface area contributed by atoms with Gasteiger partial charge in [0.2, 0.25) is 0 Å². The molecule has 0 fully saturated rings. The van der Waals surface area contributed by atoms with Crippen LogP contribution in [0.3, 0.4) is 0 Å². The molecule has 0 saturated heterocycles. The molecule has 1 N–H and O–H groups in total. The molecule has 0 atom stereocenters. The van der Waals surface area contributed by atoms with Crippen LogP contribution in [0.25, 0.3) is 5.69 Å². The van der Waals surface area contributed by atoms with E-state index in [2.05, 4.69) is 5.10 Å². The number of carbonyl (C=O) groups is 1. The number of rotatable bonds is 4. The predicted molar refractivity (Wildman–Crippen MR) is 79.3 cm³/mol. The molecule has 1 aromatic carbocycles. The van der Waals surface area contributed by atoms with Gasteiger partial charge in [0, 0.05) is 0 Å². The average Bonchev–Trinajstić information content (AvgIpc) is 2.80. The lowest BCUT2D eigenvalue weighted by Gasteiger charge is -2.07. The van der Waals surface area contributed by atoms with Crippen LogP contribution in [-0.4, -0.2) is 20.9 Å². The zero-order valence-corrected chi connectivity index (χ0v) is 12.7. The summed E-state index contributed by atoms with van der Waals surface area (Å²) >= 11 is 11.9. The number of aromatic carboxylic acids is 1. The third-order valence-corrected chi connectivity index (χ3v) is 3.82. The van der Waals surface area contributed by atoms with E-state index >= 15 is 0 Å². The number of aryl methyl sites for hydroxylation is 1. The molecule has 1 aromatic heterocycles. The fraction of sp³-hybridized carbons (Fsp3) is 0.286. The number of carboxylic acid groups (broad SMARTS) is 1. The fourth-order valence-corrected chi connectivity index (χ4v) is 2.45. The van der Waals surface area contributed by atoms with E-state index in [1.54, 1.807) is 22.9 Å². The Labute approximate surface area is 126 Å². The van der Waals surface area contributed by atoms with Crippen LogP contribution in [0.4, 0.5) is 0 Å². The molecule has 0 aliphatic rings. The van der Waals surface area contributed by atoms with Gasteiger partial charge >= 0.3 is 5.97 Å². The van der Waals surface area contributed by atoms with Crippen molar-refractivity contribution in [3.8, 4) is 5.69 Å². The van der Waals surface area contributed by atoms with E-state index in [1.807, 2.05) is 13.8 Å². The quantitative estimate of drug-likeness (QED) is 0.928. The van der Waals surface area contributed by atoms with Crippen molar-refractivity contribution in [1.29, 1.82) is 0 Å². The summed E-state index contributed by atoms with van der Waals surface area (Å²) in [5.41, 5.74) is 2.22. The Morgan fingerprint density at radius 2 is 1.95 bits per heavy atom. The summed E-state index contributed by atoms with van der Waals surface area (Å²) in [6.45, 7) is 3.78. The second kappa shape index (κ2) is 5.85. The van der Waals surface area contributed by atoms with E-state index in [1.165, 1.54) is 0 Å². The third kappa shape index (κ3) is 2.53. The van der Waals surface area contributed by atoms with Gasteiger partial charge in [-0.05, 0) is 31.0 Å². The van der Waals surface area contributed by atoms with Crippen LogP contribution in [0.5, 0.6) is 0 Å². The molecule has 6 heteroatoms. The van der Waals surface area contributed by atoms with E-state index in [9.17, 15) is 9.90 Å². The molecule has 106 valence electrons. The Morgan fingerprint density at radius 3 is 2.45 bits per heavy atom. The zero-order chi connectivity index (χ0) is 14.9. The minimum Gasteiger partial charge on any atom is -0.478 e. The summed E-state index contributed by atoms with van der Waals surface area (Å²) in [5, 5.41) is 14.6. The Morgan fingerprint density at radius 1 is 1.25 bits per heavy atom. The van der Waals surface area contributed by atoms with Crippen molar-refractivity contribution >= 4 is 29.2 Å². The van der Waals surface area contributed by atoms with Crippen molar-refractivity contribution in [2.75, 3.05) is 0 Å². The predicted octanol–water partition coefficient (Wildman–Crippen LogP) is 4.00. The molecule has 0 aliphatic heterocycles. The van der Waals surface area contributed by atoms with E-state index in [0.29, 0.717) is 40.0 Å². The summed E-state index contributed by atoms with van der Waals surface area (Å²) < 4.78 is 1.63. The molecular formula is C14H14Cl2N2O2. The average molecular weight is 313 g/mol. The molecule has 0 unspecified atom stereocenters. The van der Waals surface area contributed by atoms with Crippen LogP contribution in [0.15, 0.2) is 18.2 Å². The van der Waals surface area contributed by atoms with E-state index in [-0.39, 0.29) is 5.56 Å². The minimum atomic E-state index is -0.954. The van der Waals surface area contributed by atoms with Crippen molar-refractivity contribution in [2.45, 2.75) is 26.7 Å². The van der Waals surface area contributed by atoms with E-state index in [4.69, 9.17) is 23.2 Å². The minimum absolute atomic E-state index is 0.279. The standard InChI is InChI=1S/C14H14Cl2N2O2/c1-3-11-13(14(19)20)12(4-2)18(17-11)8-5-6-9(15)10(16)7-8/h5-7H,3-4H2,1-2H3,(H,19,20). The first-order chi connectivity index (χ1) is 9.49. The molecule has 0 aliphatic carbocycles. The van der Waals surface area contributed by atoms with Gasteiger partial charge in [-0.1, -0.05) is 37.0 Å². The number of halogens is 2. The Balaban J connectivity index is 2.67. The highest BCUT2D eigenvalue weighted by Crippen LogP contribution is 2.27. The molecule has 0 bridgehead atoms. The topological polar surface area (TPSA) is 55.1 Å². The molecular weight excluding hydrogens is 299 g/mol. The van der Waals surface area contributed by atoms with Crippen LogP contribution >= 0.6 is 23.2 Å². The normalized spacial score (nSPS) is 10.8. The smallest absolute Gasteiger partial charge is 0.339 e. The number of hydrogen-bond acceptors (Lipinski definition) is 2. The lowest BCUT2D eigenvalue weighted by molar-refractivity contribution is 0.0694. The molecule has 1 heterocycles. The van der Waals surface area contributed by atoms with Crippen LogP contribution in [0.2, 0.25) is 10.0 Å². The summed E-state index contributed by atoms with van der Waals surface area (Å²) in [6, 6.07) is 5.12. The molecule has 0 amide bonds. The SMILES string of the molecule is CCc1nn(-c2ccc(Cl)c(Cl)c2)c(CC)c1C(=O)O. The van der Waals surface area contributed by atoms with Gasteiger partial charge in [0.1, 0.15) is 5.56 Å². The van der Waals surface area contributed by atoms with Gasteiger partial charge in [-0.25, -0.2) is 9.48 Å². The number of nitrogens with zero attached hydrogens (tertiary/aromatic N) is 2. The van der Waals surface area contributed by atoms with Crippen molar-refractivity contribution in [1.82, 2.24) is 9.78 Å². The van der Waals surface area contributed by atoms with Gasteiger partial charge in [0.15, 0.2) is 0 Å². The van der Waals surface area contributed by atoms with Crippen molar-refractivity contribution < 1.29 is 9.90 Å². The van der Waals surface area contributed by atoms with Gasteiger partial charge in [-0.2, -0.15) is 5.10 Å². The Kier molecular flexibility index (Phi) is 4.35. The van der Waals surface area contributed by atoms with Crippen molar-refractivity contribution in [3.05, 3.63) is 45.2 Å². The lowest BCUT2D eigenvalue weighted by atomic mass is 10.1. The number of carboxylic acids is 1. The molecule has 0 saturated carbocycles. The van der Waals surface area contributed by atoms with Crippen LogP contribution in [-0.2, 0) is 12.8 Å². The van der Waals surface area contributed by atoms with Crippen molar-refractivity contribution in [3.63, 3.8) is 0 Å². The first kappa shape index (κ1) is 14.9. The lowest BCUT2D eigenvalue weighted by Crippen LogP contribution is -2.06. The fourth-order valence-electron chi connectivity index (χ4n) is 2.15. The number of benzene rings is 1. The highest BCUT2D eigenvalue weighted by atomic mass is 35.5. The monoisotopic (exact) mass is 312 g/mol. The molecule has 0 radical (unpaired) electrons. The largest absolute Gasteiger partial charge is 0.478 e. The highest BCUT2D eigenvalue weighted by molar-refractivity contribution is 6.42. The summed E-state index contributed by atoms with van der Waals surface area (Å²) in [7, 11) is 0. The molecule has 2 aromatic rings. The maximum atomic E-state index is 11.4. The van der Waals surface area contributed by atoms with Gasteiger partial charge < -0.3 is 5.11 Å². The van der Waals surface area contributed by atoms with Crippen LogP contribution < -0.4 is 0 Å². The Hall–Kier alpha value is -1.52. The van der Waals surface area contributed by atoms with E-state index < -0.39 is 5.97 Å². The van der Waals surface area contributed by atoms with Gasteiger partial charge in [-0.15, -0.1) is 0 Å². The zero-order valence-electron chi connectivity index (χ0n) is 11.2. The third-order valence-electron chi connectivity index (χ3n) is 3.08. The van der Waals surface area contributed by atoms with E-state index in [0.717, 1.165) is 0 Å². The highest BCUT2D eigenvalue weighted by Gasteiger charge is 2.22. The van der Waals surface area contributed by atoms with Crippen LogP contribution in [0.1, 0.15) is 35.6 Å². The number of aromatic nitrogens is 2. The molecule has 2 rings (SSSR count). The summed E-state index contributed by atoms with van der Waals surface area (Å²) in [4.78, 5) is 11.4. The summed E-state index contributed by atoms with van der Waals surface area (Å²) in [5.74, 6) is -0.954. The molecule has 0 spiro atoms. The first-order valence-corrected chi connectivity index (χ1v) is 7.04. The summed E-state index contributed by atoms with van der Waals surface area (Å²) in [6.07, 6.45) is 1.12. The second-order valence-corrected chi connectivity index (χ2v) is 5.11. The molecule has 20 heavy (non-hydrogen) atoms. The van der Waals surface area contributed by atoms with Gasteiger partial charge in [0.25, 0.3) is 0 Å². The maximum absolute atomic E-state index is 11.4. The van der Waals surface area contributed by atoms with Gasteiger partial charge in [0.05, 0.1) is 27.1 Å². The molecule has 4 nitrogen and oxygen atoms in total. The van der Waals surface area contributed by atoms with Crippen molar-refractivity contribution in [2.24, 2.45) is 0 Å². The van der Waals surface area contributed by atoms with Gasteiger partial charge in [-0.3, -0.25) is 0 Å². The number of hydrogen-bond donors (Lipinski definition) is 1. The maximum Gasteiger partial charge on any atom is 0.339 e. The van der Waals surface area contributed by atoms with Crippen LogP contribution in [0, 0.1) is 0 Å². The Bertz CT molecular complexity index is 665.